The molecule has 1 aliphatic rings. The van der Waals surface area contributed by atoms with Gasteiger partial charge in [0.25, 0.3) is 11.8 Å². The van der Waals surface area contributed by atoms with Crippen LogP contribution in [0.25, 0.3) is 0 Å². The zero-order chi connectivity index (χ0) is 17.8. The molecule has 128 valence electrons. The molecule has 0 aliphatic carbocycles. The lowest BCUT2D eigenvalue weighted by molar-refractivity contribution is -0.196. The molecule has 1 unspecified atom stereocenters. The third-order valence-electron chi connectivity index (χ3n) is 2.74. The van der Waals surface area contributed by atoms with Crippen molar-refractivity contribution in [1.82, 2.24) is 10.4 Å². The van der Waals surface area contributed by atoms with Crippen molar-refractivity contribution in [1.29, 1.82) is 0 Å². The predicted octanol–water partition coefficient (Wildman–Crippen LogP) is -2.40. The Hall–Kier alpha value is -2.34. The number of ketones is 1. The molecule has 11 nitrogen and oxygen atoms in total. The van der Waals surface area contributed by atoms with Gasteiger partial charge < -0.3 is 19.5 Å². The van der Waals surface area contributed by atoms with Crippen LogP contribution in [0.2, 0.25) is 0 Å². The van der Waals surface area contributed by atoms with Crippen molar-refractivity contribution in [2.24, 2.45) is 0 Å². The van der Waals surface area contributed by atoms with Gasteiger partial charge in [-0.1, -0.05) is 0 Å². The normalized spacial score (nSPS) is 18.0. The molecule has 0 saturated carbocycles. The summed E-state index contributed by atoms with van der Waals surface area (Å²) in [7, 11) is -5.05. The number of carbonyl (C=O) groups is 5. The fraction of sp³-hybridized carbons (Fsp3) is 0.545. The van der Waals surface area contributed by atoms with Crippen LogP contribution in [0.4, 0.5) is 0 Å². The minimum absolute atomic E-state index is 0.0208. The number of nitrogens with zero attached hydrogens (tertiary/aromatic N) is 1. The van der Waals surface area contributed by atoms with E-state index < -0.39 is 52.0 Å². The largest absolute Gasteiger partial charge is 0.747 e. The van der Waals surface area contributed by atoms with Gasteiger partial charge in [-0.2, -0.15) is 0 Å². The second-order valence-corrected chi connectivity index (χ2v) is 6.21. The van der Waals surface area contributed by atoms with Gasteiger partial charge in [0.15, 0.2) is 0 Å². The van der Waals surface area contributed by atoms with Gasteiger partial charge >= 0.3 is 5.97 Å². The third-order valence-corrected chi connectivity index (χ3v) is 3.80. The third kappa shape index (κ3) is 5.41. The number of carbonyl (C=O) groups excluding carboxylic acids is 5. The van der Waals surface area contributed by atoms with Crippen LogP contribution in [0, 0.1) is 0 Å². The van der Waals surface area contributed by atoms with Crippen molar-refractivity contribution in [3.8, 4) is 0 Å². The smallest absolute Gasteiger partial charge is 0.352 e. The molecule has 1 saturated heterocycles. The van der Waals surface area contributed by atoms with Crippen LogP contribution in [0.5, 0.6) is 0 Å². The van der Waals surface area contributed by atoms with E-state index in [1.807, 2.05) is 0 Å². The molecule has 23 heavy (non-hydrogen) atoms. The van der Waals surface area contributed by atoms with E-state index in [0.29, 0.717) is 0 Å². The molecular weight excluding hydrogens is 336 g/mol. The lowest BCUT2D eigenvalue weighted by atomic mass is 10.2. The van der Waals surface area contributed by atoms with Crippen LogP contribution in [-0.4, -0.2) is 59.3 Å². The maximum absolute atomic E-state index is 11.5. The summed E-state index contributed by atoms with van der Waals surface area (Å²) < 4.78 is 32.3. The van der Waals surface area contributed by atoms with E-state index in [-0.39, 0.29) is 23.7 Å². The summed E-state index contributed by atoms with van der Waals surface area (Å²) in [6.45, 7) is 0.579. The minimum atomic E-state index is -5.05. The Balaban J connectivity index is 2.51. The molecule has 0 aromatic rings. The zero-order valence-electron chi connectivity index (χ0n) is 11.9. The molecule has 0 bridgehead atoms. The molecule has 1 rings (SSSR count). The summed E-state index contributed by atoms with van der Waals surface area (Å²) in [4.78, 5) is 60.6. The molecular formula is C11H13N2O9S-. The number of hydroxylamine groups is 2. The molecule has 0 spiro atoms. The van der Waals surface area contributed by atoms with Gasteiger partial charge in [-0.3, -0.25) is 14.4 Å². The molecule has 1 atom stereocenters. The Morgan fingerprint density at radius 2 is 1.91 bits per heavy atom. The van der Waals surface area contributed by atoms with Crippen molar-refractivity contribution in [2.45, 2.75) is 31.4 Å². The summed E-state index contributed by atoms with van der Waals surface area (Å²) in [6.07, 6.45) is -1.09. The fourth-order valence-corrected chi connectivity index (χ4v) is 2.28. The standard InChI is InChI=1S/C11H14N2O9S/c1-6(14)2-3-8(15)12-5-10(17)22-13-9(16)4-7(11(13)18)23(19,20)21/h7H,2-5H2,1H3,(H,12,15)(H,19,20,21)/p-1. The van der Waals surface area contributed by atoms with Crippen LogP contribution in [0.1, 0.15) is 26.2 Å². The second-order valence-electron chi connectivity index (χ2n) is 4.65. The van der Waals surface area contributed by atoms with Crippen LogP contribution in [0.15, 0.2) is 0 Å². The Labute approximate surface area is 130 Å². The fourth-order valence-electron chi connectivity index (χ4n) is 1.59. The Morgan fingerprint density at radius 1 is 1.30 bits per heavy atom. The number of rotatable bonds is 7. The molecule has 0 aromatic heterocycles. The van der Waals surface area contributed by atoms with E-state index in [2.05, 4.69) is 10.2 Å². The van der Waals surface area contributed by atoms with E-state index in [4.69, 9.17) is 0 Å². The molecule has 0 radical (unpaired) electrons. The molecule has 1 heterocycles. The molecule has 1 aliphatic heterocycles. The monoisotopic (exact) mass is 349 g/mol. The summed E-state index contributed by atoms with van der Waals surface area (Å²) in [5.41, 5.74) is 0. The topological polar surface area (TPSA) is 167 Å². The van der Waals surface area contributed by atoms with E-state index in [0.717, 1.165) is 0 Å². The number of Topliss-reactive ketones (excluding diaryl/α,β-unsaturated/α-hetero) is 1. The first-order chi connectivity index (χ1) is 10.5. The van der Waals surface area contributed by atoms with Crippen LogP contribution >= 0.6 is 0 Å². The number of nitrogens with one attached hydrogen (secondary N) is 1. The Bertz CT molecular complexity index is 654. The summed E-state index contributed by atoms with van der Waals surface area (Å²) in [5, 5.41) is -0.151. The van der Waals surface area contributed by atoms with Crippen molar-refractivity contribution in [2.75, 3.05) is 6.54 Å². The first-order valence-electron chi connectivity index (χ1n) is 6.30. The van der Waals surface area contributed by atoms with Gasteiger partial charge in [0, 0.05) is 12.8 Å². The van der Waals surface area contributed by atoms with Crippen molar-refractivity contribution in [3.05, 3.63) is 0 Å². The number of imide groups is 1. The number of hydrogen-bond donors (Lipinski definition) is 1. The highest BCUT2D eigenvalue weighted by Gasteiger charge is 2.45. The lowest BCUT2D eigenvalue weighted by Crippen LogP contribution is -2.40. The molecule has 1 N–H and O–H groups in total. The SMILES string of the molecule is CC(=O)CCC(=O)NCC(=O)ON1C(=O)CC(S(=O)(=O)[O-])C1=O. The average molecular weight is 349 g/mol. The number of amides is 3. The summed E-state index contributed by atoms with van der Waals surface area (Å²) in [5.74, 6) is -4.68. The zero-order valence-corrected chi connectivity index (χ0v) is 12.8. The highest BCUT2D eigenvalue weighted by Crippen LogP contribution is 2.19. The van der Waals surface area contributed by atoms with Crippen molar-refractivity contribution in [3.63, 3.8) is 0 Å². The average Bonchev–Trinajstić information content (AvgIpc) is 2.70. The van der Waals surface area contributed by atoms with E-state index in [9.17, 15) is 36.9 Å². The highest BCUT2D eigenvalue weighted by molar-refractivity contribution is 7.87. The van der Waals surface area contributed by atoms with Gasteiger partial charge in [0.05, 0.1) is 6.42 Å². The van der Waals surface area contributed by atoms with Crippen LogP contribution in [-0.2, 0) is 38.9 Å². The van der Waals surface area contributed by atoms with Gasteiger partial charge in [-0.05, 0) is 6.92 Å². The lowest BCUT2D eigenvalue weighted by Gasteiger charge is -2.15. The van der Waals surface area contributed by atoms with E-state index in [1.165, 1.54) is 6.92 Å². The quantitative estimate of drug-likeness (QED) is 0.389. The van der Waals surface area contributed by atoms with Gasteiger partial charge in [-0.15, -0.1) is 5.06 Å². The second kappa shape index (κ2) is 7.28. The molecule has 12 heteroatoms. The van der Waals surface area contributed by atoms with Crippen LogP contribution in [0.3, 0.4) is 0 Å². The molecule has 3 amide bonds. The van der Waals surface area contributed by atoms with Gasteiger partial charge in [-0.25, -0.2) is 13.2 Å². The highest BCUT2D eigenvalue weighted by atomic mass is 32.2. The minimum Gasteiger partial charge on any atom is -0.747 e. The first kappa shape index (κ1) is 18.7. The summed E-state index contributed by atoms with van der Waals surface area (Å²) >= 11 is 0. The van der Waals surface area contributed by atoms with Gasteiger partial charge in [0.2, 0.25) is 5.91 Å². The Kier molecular flexibility index (Phi) is 5.92. The van der Waals surface area contributed by atoms with Gasteiger partial charge in [0.1, 0.15) is 27.7 Å². The Morgan fingerprint density at radius 3 is 2.39 bits per heavy atom. The van der Waals surface area contributed by atoms with Crippen molar-refractivity contribution >= 4 is 39.6 Å². The van der Waals surface area contributed by atoms with Crippen molar-refractivity contribution < 1.29 is 41.8 Å². The molecule has 1 fully saturated rings. The first-order valence-corrected chi connectivity index (χ1v) is 7.78. The maximum atomic E-state index is 11.5. The molecule has 0 aromatic carbocycles. The van der Waals surface area contributed by atoms with E-state index >= 15 is 0 Å². The summed E-state index contributed by atoms with van der Waals surface area (Å²) in [6, 6.07) is 0. The predicted molar refractivity (Wildman–Crippen MR) is 69.0 cm³/mol. The maximum Gasteiger partial charge on any atom is 0.352 e. The number of hydrogen-bond acceptors (Lipinski definition) is 9. The van der Waals surface area contributed by atoms with E-state index in [1.54, 1.807) is 0 Å². The van der Waals surface area contributed by atoms with Crippen LogP contribution < -0.4 is 5.32 Å².